The molecule has 184 valence electrons. The van der Waals surface area contributed by atoms with Gasteiger partial charge in [0.25, 0.3) is 5.91 Å². The molecule has 0 bridgehead atoms. The third kappa shape index (κ3) is 6.57. The van der Waals surface area contributed by atoms with E-state index in [1.807, 2.05) is 36.4 Å². The van der Waals surface area contributed by atoms with Gasteiger partial charge in [-0.2, -0.15) is 0 Å². The molecule has 3 N–H and O–H groups in total. The smallest absolute Gasteiger partial charge is 0.258 e. The molecule has 1 aliphatic rings. The summed E-state index contributed by atoms with van der Waals surface area (Å²) in [6.07, 6.45) is 6.29. The van der Waals surface area contributed by atoms with E-state index in [4.69, 9.17) is 0 Å². The number of anilines is 2. The van der Waals surface area contributed by atoms with Crippen molar-refractivity contribution >= 4 is 49.8 Å². The third-order valence-corrected chi connectivity index (χ3v) is 8.11. The number of nitrogens with one attached hydrogen (secondary N) is 3. The van der Waals surface area contributed by atoms with Crippen molar-refractivity contribution < 1.29 is 9.59 Å². The van der Waals surface area contributed by atoms with E-state index < -0.39 is 0 Å². The number of hydrogen-bond acceptors (Lipinski definition) is 5. The Kier molecular flexibility index (Phi) is 8.04. The predicted molar refractivity (Wildman–Crippen MR) is 146 cm³/mol. The Morgan fingerprint density at radius 3 is 2.60 bits per heavy atom. The lowest BCUT2D eigenvalue weighted by Gasteiger charge is -2.33. The van der Waals surface area contributed by atoms with Crippen molar-refractivity contribution in [3.05, 3.63) is 74.8 Å². The second kappa shape index (κ2) is 11.0. The maximum atomic E-state index is 13.4. The van der Waals surface area contributed by atoms with Gasteiger partial charge in [-0.25, -0.2) is 0 Å². The first kappa shape index (κ1) is 25.5. The SMILES string of the molecule is CC(C)(C)C1CCc2c(sc(NC(=O)CNCc3cccnc3)c2C(=O)Nc2ccc(Br)cc2)C1. The number of carbonyl (C=O) groups excluding carboxylic acids is 2. The molecule has 0 aliphatic heterocycles. The van der Waals surface area contributed by atoms with Crippen LogP contribution in [0.2, 0.25) is 0 Å². The number of pyridine rings is 1. The molecular weight excluding hydrogens is 524 g/mol. The first-order chi connectivity index (χ1) is 16.7. The molecule has 2 amide bonds. The lowest BCUT2D eigenvalue weighted by molar-refractivity contribution is -0.115. The summed E-state index contributed by atoms with van der Waals surface area (Å²) in [6, 6.07) is 11.3. The molecule has 6 nitrogen and oxygen atoms in total. The number of carbonyl (C=O) groups is 2. The molecule has 1 aromatic carbocycles. The van der Waals surface area contributed by atoms with Crippen molar-refractivity contribution in [1.29, 1.82) is 0 Å². The highest BCUT2D eigenvalue weighted by molar-refractivity contribution is 9.10. The van der Waals surface area contributed by atoms with E-state index >= 15 is 0 Å². The molecule has 1 unspecified atom stereocenters. The van der Waals surface area contributed by atoms with E-state index in [2.05, 4.69) is 57.6 Å². The fourth-order valence-electron chi connectivity index (χ4n) is 4.37. The van der Waals surface area contributed by atoms with Crippen LogP contribution in [0.4, 0.5) is 10.7 Å². The minimum absolute atomic E-state index is 0.149. The first-order valence-electron chi connectivity index (χ1n) is 11.8. The summed E-state index contributed by atoms with van der Waals surface area (Å²) in [6.45, 7) is 7.51. The molecule has 2 aromatic heterocycles. The van der Waals surface area contributed by atoms with Crippen LogP contribution in [0, 0.1) is 11.3 Å². The van der Waals surface area contributed by atoms with Gasteiger partial charge in [0.15, 0.2) is 0 Å². The summed E-state index contributed by atoms with van der Waals surface area (Å²) in [4.78, 5) is 31.5. The molecule has 1 aliphatic carbocycles. The second-order valence-electron chi connectivity index (χ2n) is 9.99. The quantitative estimate of drug-likeness (QED) is 0.332. The standard InChI is InChI=1S/C27H31BrN4O2S/c1-27(2,3)18-6-11-21-22(13-18)35-26(24(21)25(34)31-20-9-7-19(28)8-10-20)32-23(33)16-30-15-17-5-4-12-29-14-17/h4-5,7-10,12,14,18,30H,6,11,13,15-16H2,1-3H3,(H,31,34)(H,32,33). The number of aromatic nitrogens is 1. The fourth-order valence-corrected chi connectivity index (χ4v) is 5.98. The van der Waals surface area contributed by atoms with Crippen LogP contribution >= 0.6 is 27.3 Å². The summed E-state index contributed by atoms with van der Waals surface area (Å²) in [5.74, 6) is 0.191. The van der Waals surface area contributed by atoms with Gasteiger partial charge in [-0.05, 0) is 72.1 Å². The molecule has 0 saturated carbocycles. The van der Waals surface area contributed by atoms with Gasteiger partial charge in [0.1, 0.15) is 5.00 Å². The molecule has 0 saturated heterocycles. The first-order valence-corrected chi connectivity index (χ1v) is 13.4. The minimum Gasteiger partial charge on any atom is -0.322 e. The summed E-state index contributed by atoms with van der Waals surface area (Å²) in [5, 5.41) is 9.81. The van der Waals surface area contributed by atoms with Crippen LogP contribution in [0.3, 0.4) is 0 Å². The number of benzene rings is 1. The molecule has 3 aromatic rings. The van der Waals surface area contributed by atoms with Crippen LogP contribution in [0.25, 0.3) is 0 Å². The highest BCUT2D eigenvalue weighted by atomic mass is 79.9. The number of nitrogens with zero attached hydrogens (tertiary/aromatic N) is 1. The van der Waals surface area contributed by atoms with Crippen molar-refractivity contribution in [2.45, 2.75) is 46.6 Å². The van der Waals surface area contributed by atoms with E-state index in [0.29, 0.717) is 23.0 Å². The van der Waals surface area contributed by atoms with Crippen LogP contribution in [0.1, 0.15) is 53.6 Å². The Morgan fingerprint density at radius 1 is 1.14 bits per heavy atom. The zero-order chi connectivity index (χ0) is 25.0. The van der Waals surface area contributed by atoms with E-state index in [1.54, 1.807) is 23.7 Å². The Hall–Kier alpha value is -2.55. The maximum absolute atomic E-state index is 13.4. The Morgan fingerprint density at radius 2 is 1.91 bits per heavy atom. The maximum Gasteiger partial charge on any atom is 0.258 e. The zero-order valence-electron chi connectivity index (χ0n) is 20.3. The monoisotopic (exact) mass is 554 g/mol. The topological polar surface area (TPSA) is 83.1 Å². The molecule has 0 spiro atoms. The lowest BCUT2D eigenvalue weighted by atomic mass is 9.72. The molecule has 1 atom stereocenters. The number of thiophene rings is 1. The lowest BCUT2D eigenvalue weighted by Crippen LogP contribution is -2.28. The minimum atomic E-state index is -0.183. The van der Waals surface area contributed by atoms with E-state index in [9.17, 15) is 9.59 Å². The van der Waals surface area contributed by atoms with Crippen LogP contribution in [-0.4, -0.2) is 23.3 Å². The predicted octanol–water partition coefficient (Wildman–Crippen LogP) is 6.04. The van der Waals surface area contributed by atoms with Crippen molar-refractivity contribution in [3.63, 3.8) is 0 Å². The Bertz CT molecular complexity index is 1190. The molecule has 0 radical (unpaired) electrons. The molecule has 4 rings (SSSR count). The average molecular weight is 556 g/mol. The van der Waals surface area contributed by atoms with Crippen molar-refractivity contribution in [3.8, 4) is 0 Å². The number of rotatable bonds is 7. The van der Waals surface area contributed by atoms with Gasteiger partial charge in [0, 0.05) is 34.0 Å². The average Bonchev–Trinajstić information content (AvgIpc) is 3.17. The number of halogens is 1. The van der Waals surface area contributed by atoms with Gasteiger partial charge in [-0.3, -0.25) is 14.6 Å². The summed E-state index contributed by atoms with van der Waals surface area (Å²) < 4.78 is 0.948. The van der Waals surface area contributed by atoms with E-state index in [1.165, 1.54) is 4.88 Å². The van der Waals surface area contributed by atoms with Crippen LogP contribution in [0.5, 0.6) is 0 Å². The van der Waals surface area contributed by atoms with E-state index in [0.717, 1.165) is 40.5 Å². The Labute approximate surface area is 219 Å². The summed E-state index contributed by atoms with van der Waals surface area (Å²) in [5.41, 5.74) is 3.59. The van der Waals surface area contributed by atoms with Gasteiger partial charge in [-0.1, -0.05) is 42.8 Å². The molecule has 0 fully saturated rings. The van der Waals surface area contributed by atoms with Crippen LogP contribution in [-0.2, 0) is 24.2 Å². The van der Waals surface area contributed by atoms with Gasteiger partial charge < -0.3 is 16.0 Å². The van der Waals surface area contributed by atoms with Crippen LogP contribution < -0.4 is 16.0 Å². The fraction of sp³-hybridized carbons (Fsp3) is 0.370. The van der Waals surface area contributed by atoms with E-state index in [-0.39, 0.29) is 23.8 Å². The Balaban J connectivity index is 1.52. The number of hydrogen-bond donors (Lipinski definition) is 3. The normalized spacial score (nSPS) is 15.4. The molecule has 35 heavy (non-hydrogen) atoms. The van der Waals surface area contributed by atoms with Gasteiger partial charge in [-0.15, -0.1) is 11.3 Å². The zero-order valence-corrected chi connectivity index (χ0v) is 22.7. The number of amides is 2. The summed E-state index contributed by atoms with van der Waals surface area (Å²) >= 11 is 4.97. The van der Waals surface area contributed by atoms with Crippen molar-refractivity contribution in [2.24, 2.45) is 11.3 Å². The molecule has 8 heteroatoms. The van der Waals surface area contributed by atoms with Crippen molar-refractivity contribution in [1.82, 2.24) is 10.3 Å². The van der Waals surface area contributed by atoms with Crippen LogP contribution in [0.15, 0.2) is 53.3 Å². The highest BCUT2D eigenvalue weighted by Gasteiger charge is 2.34. The third-order valence-electron chi connectivity index (χ3n) is 6.41. The summed E-state index contributed by atoms with van der Waals surface area (Å²) in [7, 11) is 0. The highest BCUT2D eigenvalue weighted by Crippen LogP contribution is 2.44. The van der Waals surface area contributed by atoms with Crippen molar-refractivity contribution in [2.75, 3.05) is 17.2 Å². The second-order valence-corrected chi connectivity index (χ2v) is 12.0. The molecular formula is C27H31BrN4O2S. The molecule has 2 heterocycles. The largest absolute Gasteiger partial charge is 0.322 e. The van der Waals surface area contributed by atoms with Gasteiger partial charge in [0.2, 0.25) is 5.91 Å². The van der Waals surface area contributed by atoms with Gasteiger partial charge in [0.05, 0.1) is 12.1 Å². The number of fused-ring (bicyclic) bond motifs is 1. The van der Waals surface area contributed by atoms with Gasteiger partial charge >= 0.3 is 0 Å².